The first-order valence-corrected chi connectivity index (χ1v) is 11.9. The van der Waals surface area contributed by atoms with E-state index in [1.807, 2.05) is 47.5 Å². The molecule has 2 aromatic carbocycles. The second-order valence-corrected chi connectivity index (χ2v) is 9.34. The van der Waals surface area contributed by atoms with Crippen molar-refractivity contribution in [3.8, 4) is 5.69 Å². The number of hydrogen-bond acceptors (Lipinski definition) is 5. The summed E-state index contributed by atoms with van der Waals surface area (Å²) < 4.78 is 29.0. The number of nitrogens with zero attached hydrogens (tertiary/aromatic N) is 3. The predicted molar refractivity (Wildman–Crippen MR) is 130 cm³/mol. The Balaban J connectivity index is 1.47. The average molecular weight is 481 g/mol. The number of nitrogens with one attached hydrogen (secondary N) is 1. The number of rotatable bonds is 4. The number of fused-ring (bicyclic) bond motifs is 1. The Morgan fingerprint density at radius 3 is 2.68 bits per heavy atom. The van der Waals surface area contributed by atoms with Gasteiger partial charge in [-0.3, -0.25) is 9.59 Å². The van der Waals surface area contributed by atoms with E-state index in [2.05, 4.69) is 5.32 Å². The zero-order valence-corrected chi connectivity index (χ0v) is 19.2. The third-order valence-electron chi connectivity index (χ3n) is 6.02. The quantitative estimate of drug-likeness (QED) is 0.452. The molecule has 34 heavy (non-hydrogen) atoms. The molecule has 5 rings (SSSR count). The fourth-order valence-electron chi connectivity index (χ4n) is 4.23. The van der Waals surface area contributed by atoms with Crippen LogP contribution in [0.4, 0.5) is 20.4 Å². The van der Waals surface area contributed by atoms with Gasteiger partial charge in [-0.2, -0.15) is 0 Å². The summed E-state index contributed by atoms with van der Waals surface area (Å²) in [6.45, 7) is 2.97. The molecule has 1 N–H and O–H groups in total. The first-order chi connectivity index (χ1) is 16.4. The standard InChI is InChI=1S/C25H22F2N4O2S/c1-15-4-7-18(8-5-15)31-24(33)22-21(10-12-34-22)29-25(31)30-11-2-3-16(14-30)23(32)28-17-6-9-19(26)20(27)13-17/h4-10,12-13,16H,2-3,11,14H2,1H3,(H,28,32). The SMILES string of the molecule is Cc1ccc(-n2c(N3CCCC(C(=O)Nc4ccc(F)c(F)c4)C3)nc3ccsc3c2=O)cc1. The maximum atomic E-state index is 13.6. The minimum atomic E-state index is -1.02. The lowest BCUT2D eigenvalue weighted by Crippen LogP contribution is -2.43. The van der Waals surface area contributed by atoms with Crippen molar-refractivity contribution in [3.05, 3.63) is 81.5 Å². The summed E-state index contributed by atoms with van der Waals surface area (Å²) in [5.41, 5.74) is 2.47. The van der Waals surface area contributed by atoms with Gasteiger partial charge in [0.1, 0.15) is 4.70 Å². The first-order valence-electron chi connectivity index (χ1n) is 11.0. The van der Waals surface area contributed by atoms with Crippen molar-refractivity contribution in [2.75, 3.05) is 23.3 Å². The normalized spacial score (nSPS) is 16.1. The van der Waals surface area contributed by atoms with Crippen molar-refractivity contribution in [2.24, 2.45) is 5.92 Å². The van der Waals surface area contributed by atoms with Crippen LogP contribution >= 0.6 is 11.3 Å². The Morgan fingerprint density at radius 2 is 1.91 bits per heavy atom. The minimum absolute atomic E-state index is 0.146. The largest absolute Gasteiger partial charge is 0.341 e. The summed E-state index contributed by atoms with van der Waals surface area (Å²) in [6, 6.07) is 12.8. The number of piperidine rings is 1. The molecule has 6 nitrogen and oxygen atoms in total. The molecule has 0 radical (unpaired) electrons. The fourth-order valence-corrected chi connectivity index (χ4v) is 4.99. The Labute approximate surface area is 198 Å². The zero-order valence-electron chi connectivity index (χ0n) is 18.4. The van der Waals surface area contributed by atoms with Gasteiger partial charge >= 0.3 is 0 Å². The summed E-state index contributed by atoms with van der Waals surface area (Å²) in [7, 11) is 0. The lowest BCUT2D eigenvalue weighted by Gasteiger charge is -2.34. The molecule has 1 atom stereocenters. The van der Waals surface area contributed by atoms with Gasteiger partial charge in [-0.05, 0) is 55.5 Å². The summed E-state index contributed by atoms with van der Waals surface area (Å²) in [5, 5.41) is 4.53. The highest BCUT2D eigenvalue weighted by atomic mass is 32.1. The molecular formula is C25H22F2N4O2S. The maximum absolute atomic E-state index is 13.6. The molecule has 0 aliphatic carbocycles. The van der Waals surface area contributed by atoms with E-state index >= 15 is 0 Å². The first kappa shape index (κ1) is 22.2. The van der Waals surface area contributed by atoms with Crippen LogP contribution in [0.15, 0.2) is 58.7 Å². The van der Waals surface area contributed by atoms with E-state index in [9.17, 15) is 18.4 Å². The van der Waals surface area contributed by atoms with E-state index in [4.69, 9.17) is 4.98 Å². The molecule has 174 valence electrons. The Hall–Kier alpha value is -3.59. The zero-order chi connectivity index (χ0) is 23.8. The summed E-state index contributed by atoms with van der Waals surface area (Å²) in [6.07, 6.45) is 1.36. The smallest absolute Gasteiger partial charge is 0.277 e. The number of carbonyl (C=O) groups excluding carboxylic acids is 1. The fraction of sp³-hybridized carbons (Fsp3) is 0.240. The number of benzene rings is 2. The van der Waals surface area contributed by atoms with Gasteiger partial charge in [0.15, 0.2) is 11.6 Å². The topological polar surface area (TPSA) is 67.2 Å². The van der Waals surface area contributed by atoms with Gasteiger partial charge in [0.05, 0.1) is 17.1 Å². The van der Waals surface area contributed by atoms with Crippen LogP contribution in [0.5, 0.6) is 0 Å². The second-order valence-electron chi connectivity index (χ2n) is 8.43. The Bertz CT molecular complexity index is 1430. The highest BCUT2D eigenvalue weighted by Gasteiger charge is 2.29. The summed E-state index contributed by atoms with van der Waals surface area (Å²) in [5.74, 6) is -2.17. The van der Waals surface area contributed by atoms with Crippen LogP contribution in [0.1, 0.15) is 18.4 Å². The van der Waals surface area contributed by atoms with Gasteiger partial charge in [-0.25, -0.2) is 18.3 Å². The number of carbonyl (C=O) groups is 1. The second kappa shape index (κ2) is 8.98. The van der Waals surface area contributed by atoms with Crippen LogP contribution in [0.2, 0.25) is 0 Å². The van der Waals surface area contributed by atoms with E-state index in [1.165, 1.54) is 17.4 Å². The number of thiophene rings is 1. The van der Waals surface area contributed by atoms with E-state index in [0.717, 1.165) is 24.1 Å². The summed E-state index contributed by atoms with van der Waals surface area (Å²) >= 11 is 1.35. The van der Waals surface area contributed by atoms with E-state index in [-0.39, 0.29) is 17.2 Å². The molecular weight excluding hydrogens is 458 g/mol. The van der Waals surface area contributed by atoms with Gasteiger partial charge in [-0.1, -0.05) is 17.7 Å². The molecule has 4 aromatic rings. The van der Waals surface area contributed by atoms with Crippen LogP contribution in [-0.2, 0) is 4.79 Å². The van der Waals surface area contributed by atoms with Crippen molar-refractivity contribution >= 4 is 39.1 Å². The number of amides is 1. The molecule has 1 amide bonds. The lowest BCUT2D eigenvalue weighted by molar-refractivity contribution is -0.120. The van der Waals surface area contributed by atoms with E-state index in [0.29, 0.717) is 41.4 Å². The molecule has 0 saturated carbocycles. The molecule has 2 aromatic heterocycles. The molecule has 1 aliphatic rings. The lowest BCUT2D eigenvalue weighted by atomic mass is 9.97. The monoisotopic (exact) mass is 480 g/mol. The molecule has 3 heterocycles. The third kappa shape index (κ3) is 4.19. The predicted octanol–water partition coefficient (Wildman–Crippen LogP) is 4.89. The van der Waals surface area contributed by atoms with Gasteiger partial charge in [0.2, 0.25) is 11.9 Å². The number of aromatic nitrogens is 2. The number of hydrogen-bond donors (Lipinski definition) is 1. The van der Waals surface area contributed by atoms with Crippen LogP contribution < -0.4 is 15.8 Å². The van der Waals surface area contributed by atoms with Gasteiger partial charge < -0.3 is 10.2 Å². The third-order valence-corrected chi connectivity index (χ3v) is 6.91. The highest BCUT2D eigenvalue weighted by molar-refractivity contribution is 7.17. The molecule has 1 fully saturated rings. The van der Waals surface area contributed by atoms with Crippen LogP contribution in [-0.4, -0.2) is 28.5 Å². The highest BCUT2D eigenvalue weighted by Crippen LogP contribution is 2.27. The molecule has 1 aliphatic heterocycles. The maximum Gasteiger partial charge on any atom is 0.277 e. The number of halogens is 2. The van der Waals surface area contributed by atoms with Crippen molar-refractivity contribution < 1.29 is 13.6 Å². The van der Waals surface area contributed by atoms with Gasteiger partial charge in [-0.15, -0.1) is 11.3 Å². The molecule has 0 spiro atoms. The molecule has 1 saturated heterocycles. The number of anilines is 2. The molecule has 9 heteroatoms. The average Bonchev–Trinajstić information content (AvgIpc) is 3.31. The number of aryl methyl sites for hydroxylation is 1. The molecule has 1 unspecified atom stereocenters. The van der Waals surface area contributed by atoms with Crippen LogP contribution in [0.25, 0.3) is 15.9 Å². The van der Waals surface area contributed by atoms with Crippen molar-refractivity contribution in [1.82, 2.24) is 9.55 Å². The van der Waals surface area contributed by atoms with Crippen molar-refractivity contribution in [3.63, 3.8) is 0 Å². The van der Waals surface area contributed by atoms with E-state index < -0.39 is 17.6 Å². The van der Waals surface area contributed by atoms with Gasteiger partial charge in [0, 0.05) is 24.8 Å². The van der Waals surface area contributed by atoms with Gasteiger partial charge in [0.25, 0.3) is 5.56 Å². The molecule has 0 bridgehead atoms. The minimum Gasteiger partial charge on any atom is -0.341 e. The Morgan fingerprint density at radius 1 is 1.12 bits per heavy atom. The van der Waals surface area contributed by atoms with Crippen LogP contribution in [0.3, 0.4) is 0 Å². The Kier molecular flexibility index (Phi) is 5.87. The van der Waals surface area contributed by atoms with E-state index in [1.54, 1.807) is 4.57 Å². The summed E-state index contributed by atoms with van der Waals surface area (Å²) in [4.78, 5) is 33.1. The van der Waals surface area contributed by atoms with Crippen molar-refractivity contribution in [2.45, 2.75) is 19.8 Å². The van der Waals surface area contributed by atoms with Crippen molar-refractivity contribution in [1.29, 1.82) is 0 Å². The van der Waals surface area contributed by atoms with Crippen LogP contribution in [0, 0.1) is 24.5 Å².